The van der Waals surface area contributed by atoms with E-state index in [-0.39, 0.29) is 0 Å². The van der Waals surface area contributed by atoms with E-state index in [4.69, 9.17) is 4.42 Å². The molecule has 0 saturated heterocycles. The SMILES string of the molecule is c1cc(-c2cccc3oc(-c4cccc5ccccc45)cc23)cc(-c2c3ccccc3c(-c3cccc4ccccc34)c3ccccc23)c1. The van der Waals surface area contributed by atoms with Crippen LogP contribution in [0.3, 0.4) is 0 Å². The van der Waals surface area contributed by atoms with E-state index in [1.165, 1.54) is 70.9 Å². The third-order valence-corrected chi connectivity index (χ3v) is 10.1. The molecule has 0 aliphatic heterocycles. The molecule has 1 heterocycles. The highest BCUT2D eigenvalue weighted by Gasteiger charge is 2.19. The van der Waals surface area contributed by atoms with Crippen molar-refractivity contribution in [1.82, 2.24) is 0 Å². The fraction of sp³-hybridized carbons (Fsp3) is 0. The van der Waals surface area contributed by atoms with Gasteiger partial charge in [-0.1, -0.05) is 164 Å². The fourth-order valence-electron chi connectivity index (χ4n) is 7.90. The molecule has 0 radical (unpaired) electrons. The quantitative estimate of drug-likeness (QED) is 0.178. The van der Waals surface area contributed by atoms with Crippen molar-refractivity contribution in [3.63, 3.8) is 0 Å². The molecule has 0 unspecified atom stereocenters. The summed E-state index contributed by atoms with van der Waals surface area (Å²) >= 11 is 0. The molecule has 0 atom stereocenters. The number of hydrogen-bond donors (Lipinski definition) is 0. The van der Waals surface area contributed by atoms with Crippen molar-refractivity contribution in [2.45, 2.75) is 0 Å². The normalized spacial score (nSPS) is 11.7. The summed E-state index contributed by atoms with van der Waals surface area (Å²) in [5.74, 6) is 0.886. The van der Waals surface area contributed by atoms with Crippen molar-refractivity contribution in [3.05, 3.63) is 182 Å². The predicted molar refractivity (Wildman–Crippen MR) is 208 cm³/mol. The minimum atomic E-state index is 0.886. The molecule has 0 amide bonds. The van der Waals surface area contributed by atoms with E-state index in [1.807, 2.05) is 0 Å². The number of benzene rings is 9. The van der Waals surface area contributed by atoms with Crippen molar-refractivity contribution < 1.29 is 4.42 Å². The highest BCUT2D eigenvalue weighted by Crippen LogP contribution is 2.46. The second-order valence-electron chi connectivity index (χ2n) is 12.8. The second-order valence-corrected chi connectivity index (χ2v) is 12.8. The van der Waals surface area contributed by atoms with Crippen LogP contribution in [0, 0.1) is 0 Å². The van der Waals surface area contributed by atoms with Crippen LogP contribution in [0.25, 0.3) is 98.8 Å². The van der Waals surface area contributed by atoms with Crippen LogP contribution in [0.5, 0.6) is 0 Å². The Morgan fingerprint density at radius 2 is 0.755 bits per heavy atom. The topological polar surface area (TPSA) is 13.1 Å². The molecule has 10 aromatic rings. The molecule has 1 heteroatoms. The predicted octanol–water partition coefficient (Wildman–Crippen LogP) is 13.7. The summed E-state index contributed by atoms with van der Waals surface area (Å²) in [5, 5.41) is 11.1. The van der Waals surface area contributed by atoms with E-state index in [0.717, 1.165) is 27.9 Å². The lowest BCUT2D eigenvalue weighted by Gasteiger charge is -2.19. The molecule has 0 spiro atoms. The molecule has 0 N–H and O–H groups in total. The van der Waals surface area contributed by atoms with Gasteiger partial charge in [0.05, 0.1) is 0 Å². The van der Waals surface area contributed by atoms with Crippen molar-refractivity contribution in [2.24, 2.45) is 0 Å². The largest absolute Gasteiger partial charge is 0.456 e. The smallest absolute Gasteiger partial charge is 0.136 e. The average molecular weight is 623 g/mol. The lowest BCUT2D eigenvalue weighted by Crippen LogP contribution is -1.92. The van der Waals surface area contributed by atoms with Gasteiger partial charge in [-0.05, 0) is 94.7 Å². The van der Waals surface area contributed by atoms with Gasteiger partial charge in [-0.3, -0.25) is 0 Å². The zero-order chi connectivity index (χ0) is 32.3. The Balaban J connectivity index is 1.19. The molecule has 10 rings (SSSR count). The van der Waals surface area contributed by atoms with Gasteiger partial charge in [0.15, 0.2) is 0 Å². The number of rotatable bonds is 4. The molecule has 0 fully saturated rings. The van der Waals surface area contributed by atoms with Crippen LogP contribution >= 0.6 is 0 Å². The maximum atomic E-state index is 6.54. The Labute approximate surface area is 284 Å². The summed E-state index contributed by atoms with van der Waals surface area (Å²) in [5.41, 5.74) is 9.33. The monoisotopic (exact) mass is 622 g/mol. The zero-order valence-corrected chi connectivity index (χ0v) is 26.7. The molecule has 0 aliphatic carbocycles. The average Bonchev–Trinajstić information content (AvgIpc) is 3.61. The summed E-state index contributed by atoms with van der Waals surface area (Å²) in [6.07, 6.45) is 0. The van der Waals surface area contributed by atoms with Crippen LogP contribution in [0.15, 0.2) is 186 Å². The standard InChI is InChI=1S/C48H30O/c1-3-19-35-31(13-1)15-10-26-38(35)46-30-44-37(25-12-28-45(44)49-46)33-17-9-18-34(29-33)47-40-21-5-7-23-42(40)48(43-24-8-6-22-41(43)47)39-27-11-16-32-14-2-4-20-36(32)39/h1-30H. The van der Waals surface area contributed by atoms with Crippen LogP contribution in [-0.2, 0) is 0 Å². The van der Waals surface area contributed by atoms with Crippen molar-refractivity contribution >= 4 is 54.1 Å². The van der Waals surface area contributed by atoms with E-state index < -0.39 is 0 Å². The van der Waals surface area contributed by atoms with E-state index in [0.29, 0.717) is 0 Å². The second kappa shape index (κ2) is 11.1. The lowest BCUT2D eigenvalue weighted by atomic mass is 9.84. The number of fused-ring (bicyclic) bond motifs is 5. The Bertz CT molecular complexity index is 2820. The Hall–Kier alpha value is -6.44. The molecule has 0 aliphatic rings. The van der Waals surface area contributed by atoms with Crippen LogP contribution in [-0.4, -0.2) is 0 Å². The van der Waals surface area contributed by atoms with Gasteiger partial charge in [0.2, 0.25) is 0 Å². The van der Waals surface area contributed by atoms with Gasteiger partial charge in [-0.2, -0.15) is 0 Å². The summed E-state index contributed by atoms with van der Waals surface area (Å²) in [6, 6.07) is 65.7. The molecular weight excluding hydrogens is 593 g/mol. The van der Waals surface area contributed by atoms with E-state index in [1.54, 1.807) is 0 Å². The number of hydrogen-bond acceptors (Lipinski definition) is 1. The minimum Gasteiger partial charge on any atom is -0.456 e. The third-order valence-electron chi connectivity index (χ3n) is 10.1. The summed E-state index contributed by atoms with van der Waals surface area (Å²) < 4.78 is 6.54. The summed E-state index contributed by atoms with van der Waals surface area (Å²) in [4.78, 5) is 0. The maximum absolute atomic E-state index is 6.54. The summed E-state index contributed by atoms with van der Waals surface area (Å²) in [7, 11) is 0. The molecule has 0 saturated carbocycles. The van der Waals surface area contributed by atoms with Gasteiger partial charge in [0.25, 0.3) is 0 Å². The van der Waals surface area contributed by atoms with Gasteiger partial charge >= 0.3 is 0 Å². The van der Waals surface area contributed by atoms with Crippen LogP contribution in [0.2, 0.25) is 0 Å². The van der Waals surface area contributed by atoms with Crippen molar-refractivity contribution in [2.75, 3.05) is 0 Å². The first-order valence-corrected chi connectivity index (χ1v) is 16.8. The molecule has 49 heavy (non-hydrogen) atoms. The third kappa shape index (κ3) is 4.40. The van der Waals surface area contributed by atoms with E-state index in [9.17, 15) is 0 Å². The molecule has 1 nitrogen and oxygen atoms in total. The van der Waals surface area contributed by atoms with Crippen LogP contribution in [0.4, 0.5) is 0 Å². The van der Waals surface area contributed by atoms with Crippen molar-refractivity contribution in [1.29, 1.82) is 0 Å². The van der Waals surface area contributed by atoms with Gasteiger partial charge in [0.1, 0.15) is 11.3 Å². The van der Waals surface area contributed by atoms with Gasteiger partial charge in [-0.15, -0.1) is 0 Å². The van der Waals surface area contributed by atoms with Crippen LogP contribution < -0.4 is 0 Å². The lowest BCUT2D eigenvalue weighted by molar-refractivity contribution is 0.632. The fourth-order valence-corrected chi connectivity index (χ4v) is 7.90. The maximum Gasteiger partial charge on any atom is 0.136 e. The molecule has 0 bridgehead atoms. The highest BCUT2D eigenvalue weighted by molar-refractivity contribution is 6.23. The van der Waals surface area contributed by atoms with E-state index >= 15 is 0 Å². The van der Waals surface area contributed by atoms with Crippen LogP contribution in [0.1, 0.15) is 0 Å². The van der Waals surface area contributed by atoms with Gasteiger partial charge < -0.3 is 4.42 Å². The first-order valence-electron chi connectivity index (χ1n) is 16.8. The van der Waals surface area contributed by atoms with E-state index in [2.05, 4.69) is 182 Å². The summed E-state index contributed by atoms with van der Waals surface area (Å²) in [6.45, 7) is 0. The Morgan fingerprint density at radius 3 is 1.43 bits per heavy atom. The Kier molecular flexibility index (Phi) is 6.25. The first-order chi connectivity index (χ1) is 24.3. The highest BCUT2D eigenvalue weighted by atomic mass is 16.3. The molecule has 9 aromatic carbocycles. The molecule has 1 aromatic heterocycles. The number of furan rings is 1. The first kappa shape index (κ1) is 27.7. The van der Waals surface area contributed by atoms with Gasteiger partial charge in [-0.25, -0.2) is 0 Å². The van der Waals surface area contributed by atoms with Gasteiger partial charge in [0, 0.05) is 10.9 Å². The zero-order valence-electron chi connectivity index (χ0n) is 26.7. The minimum absolute atomic E-state index is 0.886. The Morgan fingerprint density at radius 1 is 0.286 bits per heavy atom. The molecular formula is C48H30O. The van der Waals surface area contributed by atoms with Crippen molar-refractivity contribution in [3.8, 4) is 44.7 Å². The molecule has 228 valence electrons.